The molecule has 25 heavy (non-hydrogen) atoms. The second-order valence-corrected chi connectivity index (χ2v) is 5.71. The van der Waals surface area contributed by atoms with Crippen LogP contribution in [0.4, 0.5) is 13.2 Å². The van der Waals surface area contributed by atoms with Gasteiger partial charge in [0.05, 0.1) is 5.56 Å². The van der Waals surface area contributed by atoms with E-state index in [0.29, 0.717) is 16.7 Å². The quantitative estimate of drug-likeness (QED) is 0.840. The highest BCUT2D eigenvalue weighted by atomic mass is 35.5. The van der Waals surface area contributed by atoms with Crippen LogP contribution in [0.1, 0.15) is 21.5 Å². The van der Waals surface area contributed by atoms with E-state index in [2.05, 4.69) is 5.32 Å². The second-order valence-electron chi connectivity index (χ2n) is 5.27. The number of halogens is 4. The average Bonchev–Trinajstić information content (AvgIpc) is 2.55. The topological polar surface area (TPSA) is 66.4 Å². The van der Waals surface area contributed by atoms with E-state index in [1.807, 2.05) is 0 Å². The van der Waals surface area contributed by atoms with Crippen molar-refractivity contribution >= 4 is 23.5 Å². The molecular formula is C17H13ClF3NO3. The van der Waals surface area contributed by atoms with Crippen molar-refractivity contribution in [3.63, 3.8) is 0 Å². The lowest BCUT2D eigenvalue weighted by Gasteiger charge is -2.15. The Morgan fingerprint density at radius 1 is 1.12 bits per heavy atom. The molecule has 0 unspecified atom stereocenters. The molecule has 132 valence electrons. The summed E-state index contributed by atoms with van der Waals surface area (Å²) >= 11 is 5.75. The predicted octanol–water partition coefficient (Wildman–Crippen LogP) is 3.78. The largest absolute Gasteiger partial charge is 0.480 e. The fraction of sp³-hybridized carbons (Fsp3) is 0.176. The van der Waals surface area contributed by atoms with Gasteiger partial charge in [0.1, 0.15) is 6.04 Å². The third kappa shape index (κ3) is 5.22. The number of carbonyl (C=O) groups excluding carboxylic acids is 1. The molecule has 0 heterocycles. The fourth-order valence-electron chi connectivity index (χ4n) is 2.13. The number of aliphatic carboxylic acids is 1. The van der Waals surface area contributed by atoms with Crippen molar-refractivity contribution in [1.29, 1.82) is 0 Å². The number of alkyl halides is 3. The van der Waals surface area contributed by atoms with E-state index in [1.165, 1.54) is 6.07 Å². The van der Waals surface area contributed by atoms with E-state index in [-0.39, 0.29) is 12.0 Å². The zero-order valence-corrected chi connectivity index (χ0v) is 13.4. The molecule has 8 heteroatoms. The molecule has 0 aliphatic rings. The van der Waals surface area contributed by atoms with Crippen LogP contribution < -0.4 is 5.32 Å². The lowest BCUT2D eigenvalue weighted by Crippen LogP contribution is -2.42. The van der Waals surface area contributed by atoms with E-state index in [9.17, 15) is 27.9 Å². The Hall–Kier alpha value is -2.54. The van der Waals surface area contributed by atoms with E-state index in [1.54, 1.807) is 24.3 Å². The van der Waals surface area contributed by atoms with Crippen LogP contribution in [-0.2, 0) is 17.4 Å². The normalized spacial score (nSPS) is 12.5. The summed E-state index contributed by atoms with van der Waals surface area (Å²) in [5.41, 5.74) is -0.636. The van der Waals surface area contributed by atoms with Crippen LogP contribution >= 0.6 is 11.6 Å². The summed E-state index contributed by atoms with van der Waals surface area (Å²) in [5, 5.41) is 12.0. The van der Waals surface area contributed by atoms with Gasteiger partial charge in [0.15, 0.2) is 0 Å². The summed E-state index contributed by atoms with van der Waals surface area (Å²) in [5.74, 6) is -2.19. The Bertz CT molecular complexity index is 775. The Morgan fingerprint density at radius 2 is 1.76 bits per heavy atom. The Kier molecular flexibility index (Phi) is 5.69. The van der Waals surface area contributed by atoms with Crippen LogP contribution in [0.25, 0.3) is 0 Å². The molecule has 0 saturated carbocycles. The van der Waals surface area contributed by atoms with Crippen molar-refractivity contribution in [3.05, 3.63) is 70.2 Å². The average molecular weight is 372 g/mol. The Labute approximate surface area is 146 Å². The number of benzene rings is 2. The van der Waals surface area contributed by atoms with Crippen LogP contribution in [0.15, 0.2) is 48.5 Å². The van der Waals surface area contributed by atoms with Gasteiger partial charge >= 0.3 is 12.1 Å². The van der Waals surface area contributed by atoms with Crippen molar-refractivity contribution in [3.8, 4) is 0 Å². The first-order valence-electron chi connectivity index (χ1n) is 7.12. The van der Waals surface area contributed by atoms with Crippen LogP contribution in [0, 0.1) is 0 Å². The third-order valence-corrected chi connectivity index (χ3v) is 3.66. The van der Waals surface area contributed by atoms with Gasteiger partial charge in [-0.2, -0.15) is 13.2 Å². The minimum absolute atomic E-state index is 0.0306. The molecule has 0 radical (unpaired) electrons. The zero-order chi connectivity index (χ0) is 18.6. The van der Waals surface area contributed by atoms with Gasteiger partial charge < -0.3 is 10.4 Å². The van der Waals surface area contributed by atoms with Gasteiger partial charge in [-0.1, -0.05) is 29.8 Å². The molecule has 0 saturated heterocycles. The standard InChI is InChI=1S/C17H13ClF3NO3/c18-13-6-4-10(5-7-13)8-14(16(24)25)22-15(23)11-2-1-3-12(9-11)17(19,20)21/h1-7,9,14H,8H2,(H,22,23)(H,24,25)/t14-/m0/s1. The summed E-state index contributed by atoms with van der Waals surface area (Å²) in [6.07, 6.45) is -4.62. The molecule has 1 amide bonds. The van der Waals surface area contributed by atoms with E-state index in [4.69, 9.17) is 11.6 Å². The van der Waals surface area contributed by atoms with Crippen molar-refractivity contribution in [2.75, 3.05) is 0 Å². The molecule has 4 nitrogen and oxygen atoms in total. The number of carbonyl (C=O) groups is 2. The highest BCUT2D eigenvalue weighted by Crippen LogP contribution is 2.29. The summed E-state index contributed by atoms with van der Waals surface area (Å²) in [6, 6.07) is 8.86. The highest BCUT2D eigenvalue weighted by Gasteiger charge is 2.31. The molecule has 0 bridgehead atoms. The van der Waals surface area contributed by atoms with E-state index in [0.717, 1.165) is 12.1 Å². The van der Waals surface area contributed by atoms with Gasteiger partial charge in [-0.25, -0.2) is 4.79 Å². The number of nitrogens with one attached hydrogen (secondary N) is 1. The van der Waals surface area contributed by atoms with Gasteiger partial charge in [-0.15, -0.1) is 0 Å². The van der Waals surface area contributed by atoms with Gasteiger partial charge in [0.2, 0.25) is 0 Å². The molecule has 0 aliphatic carbocycles. The minimum atomic E-state index is -4.59. The number of hydrogen-bond acceptors (Lipinski definition) is 2. The van der Waals surface area contributed by atoms with Crippen LogP contribution in [0.2, 0.25) is 5.02 Å². The molecule has 2 N–H and O–H groups in total. The highest BCUT2D eigenvalue weighted by molar-refractivity contribution is 6.30. The summed E-state index contributed by atoms with van der Waals surface area (Å²) in [6.45, 7) is 0. The summed E-state index contributed by atoms with van der Waals surface area (Å²) < 4.78 is 38.1. The Balaban J connectivity index is 2.15. The van der Waals surface area contributed by atoms with E-state index < -0.39 is 29.7 Å². The number of hydrogen-bond donors (Lipinski definition) is 2. The molecule has 0 spiro atoms. The van der Waals surface area contributed by atoms with Gasteiger partial charge in [-0.05, 0) is 35.9 Å². The lowest BCUT2D eigenvalue weighted by atomic mass is 10.0. The SMILES string of the molecule is O=C(N[C@@H](Cc1ccc(Cl)cc1)C(=O)O)c1cccc(C(F)(F)F)c1. The maximum atomic E-state index is 12.7. The maximum Gasteiger partial charge on any atom is 0.416 e. The van der Waals surface area contributed by atoms with E-state index >= 15 is 0 Å². The fourth-order valence-corrected chi connectivity index (χ4v) is 2.26. The van der Waals surface area contributed by atoms with Gasteiger partial charge in [0.25, 0.3) is 5.91 Å². The van der Waals surface area contributed by atoms with Gasteiger partial charge in [-0.3, -0.25) is 4.79 Å². The molecular weight excluding hydrogens is 359 g/mol. The van der Waals surface area contributed by atoms with Crippen LogP contribution in [0.5, 0.6) is 0 Å². The molecule has 0 fully saturated rings. The molecule has 1 atom stereocenters. The van der Waals surface area contributed by atoms with Crippen molar-refractivity contribution in [1.82, 2.24) is 5.32 Å². The summed E-state index contributed by atoms with van der Waals surface area (Å²) in [7, 11) is 0. The minimum Gasteiger partial charge on any atom is -0.480 e. The van der Waals surface area contributed by atoms with Crippen LogP contribution in [-0.4, -0.2) is 23.0 Å². The van der Waals surface area contributed by atoms with Crippen LogP contribution in [0.3, 0.4) is 0 Å². The first kappa shape index (κ1) is 18.8. The number of carboxylic acids is 1. The second kappa shape index (κ2) is 7.57. The molecule has 2 aromatic rings. The summed E-state index contributed by atoms with van der Waals surface area (Å²) in [4.78, 5) is 23.5. The van der Waals surface area contributed by atoms with Crippen molar-refractivity contribution < 1.29 is 27.9 Å². The third-order valence-electron chi connectivity index (χ3n) is 3.41. The maximum absolute atomic E-state index is 12.7. The first-order chi connectivity index (χ1) is 11.7. The smallest absolute Gasteiger partial charge is 0.416 e. The predicted molar refractivity (Wildman–Crippen MR) is 85.5 cm³/mol. The molecule has 2 aromatic carbocycles. The molecule has 2 rings (SSSR count). The Morgan fingerprint density at radius 3 is 2.32 bits per heavy atom. The monoisotopic (exact) mass is 371 g/mol. The lowest BCUT2D eigenvalue weighted by molar-refractivity contribution is -0.139. The van der Waals surface area contributed by atoms with Crippen molar-refractivity contribution in [2.45, 2.75) is 18.6 Å². The number of carboxylic acid groups (broad SMARTS) is 1. The number of amides is 1. The molecule has 0 aromatic heterocycles. The molecule has 0 aliphatic heterocycles. The number of rotatable bonds is 5. The van der Waals surface area contributed by atoms with Crippen molar-refractivity contribution in [2.24, 2.45) is 0 Å². The first-order valence-corrected chi connectivity index (χ1v) is 7.50. The zero-order valence-electron chi connectivity index (χ0n) is 12.7. The van der Waals surface area contributed by atoms with Gasteiger partial charge in [0, 0.05) is 17.0 Å².